The number of aliphatic hydroxyl groups excluding tert-OH is 1. The van der Waals surface area contributed by atoms with E-state index in [0.717, 1.165) is 19.3 Å². The van der Waals surface area contributed by atoms with E-state index in [2.05, 4.69) is 5.32 Å². The Morgan fingerprint density at radius 1 is 1.50 bits per heavy atom. The van der Waals surface area contributed by atoms with Crippen LogP contribution >= 0.6 is 0 Å². The largest absolute Gasteiger partial charge is 0.484 e. The summed E-state index contributed by atoms with van der Waals surface area (Å²) in [6.45, 7) is -0.0811. The summed E-state index contributed by atoms with van der Waals surface area (Å²) in [5.74, 6) is 0.350. The second-order valence-corrected chi connectivity index (χ2v) is 4.70. The summed E-state index contributed by atoms with van der Waals surface area (Å²) in [6, 6.07) is 6.93. The first-order valence-corrected chi connectivity index (χ1v) is 6.04. The molecule has 2 rings (SSSR count). The fraction of sp³-hybridized carbons (Fsp3) is 0.462. The number of rotatable bonds is 5. The van der Waals surface area contributed by atoms with Crippen molar-refractivity contribution < 1.29 is 14.6 Å². The van der Waals surface area contributed by atoms with Gasteiger partial charge in [-0.3, -0.25) is 4.79 Å². The van der Waals surface area contributed by atoms with Crippen LogP contribution in [0.1, 0.15) is 19.3 Å². The SMILES string of the molecule is Nc1cccc(OCC(=O)NC2(CO)CCC2)c1. The minimum atomic E-state index is -0.420. The van der Waals surface area contributed by atoms with Gasteiger partial charge in [-0.25, -0.2) is 0 Å². The molecule has 1 aromatic rings. The summed E-state index contributed by atoms with van der Waals surface area (Å²) < 4.78 is 5.33. The molecule has 0 aromatic heterocycles. The zero-order valence-electron chi connectivity index (χ0n) is 10.2. The molecule has 0 unspecified atom stereocenters. The van der Waals surface area contributed by atoms with Crippen LogP contribution in [-0.4, -0.2) is 29.8 Å². The molecule has 1 aromatic carbocycles. The number of ether oxygens (including phenoxy) is 1. The molecule has 1 saturated carbocycles. The number of aliphatic hydroxyl groups is 1. The van der Waals surface area contributed by atoms with Crippen molar-refractivity contribution in [2.75, 3.05) is 18.9 Å². The van der Waals surface area contributed by atoms with Crippen molar-refractivity contribution in [3.8, 4) is 5.75 Å². The average Bonchev–Trinajstić information content (AvgIpc) is 2.31. The van der Waals surface area contributed by atoms with Crippen LogP contribution in [0.2, 0.25) is 0 Å². The fourth-order valence-electron chi connectivity index (χ4n) is 2.01. The summed E-state index contributed by atoms with van der Waals surface area (Å²) in [5.41, 5.74) is 5.78. The monoisotopic (exact) mass is 250 g/mol. The Labute approximate surface area is 106 Å². The smallest absolute Gasteiger partial charge is 0.258 e. The topological polar surface area (TPSA) is 84.6 Å². The first kappa shape index (κ1) is 12.7. The van der Waals surface area contributed by atoms with Gasteiger partial charge in [0, 0.05) is 11.8 Å². The van der Waals surface area contributed by atoms with Crippen molar-refractivity contribution in [2.24, 2.45) is 0 Å². The van der Waals surface area contributed by atoms with Gasteiger partial charge in [-0.2, -0.15) is 0 Å². The van der Waals surface area contributed by atoms with E-state index in [1.54, 1.807) is 24.3 Å². The molecule has 5 nitrogen and oxygen atoms in total. The third-order valence-electron chi connectivity index (χ3n) is 3.25. The molecule has 98 valence electrons. The lowest BCUT2D eigenvalue weighted by Crippen LogP contribution is -2.57. The summed E-state index contributed by atoms with van der Waals surface area (Å²) in [4.78, 5) is 11.7. The summed E-state index contributed by atoms with van der Waals surface area (Å²) in [7, 11) is 0. The third kappa shape index (κ3) is 2.92. The Kier molecular flexibility index (Phi) is 3.72. The van der Waals surface area contributed by atoms with Crippen molar-refractivity contribution in [1.29, 1.82) is 0 Å². The molecule has 0 spiro atoms. The van der Waals surface area contributed by atoms with E-state index in [4.69, 9.17) is 10.5 Å². The summed E-state index contributed by atoms with van der Waals surface area (Å²) in [6.07, 6.45) is 2.69. The molecule has 5 heteroatoms. The minimum absolute atomic E-state index is 0.0168. The highest BCUT2D eigenvalue weighted by Gasteiger charge is 2.37. The zero-order valence-corrected chi connectivity index (χ0v) is 10.2. The van der Waals surface area contributed by atoms with Gasteiger partial charge in [0.1, 0.15) is 5.75 Å². The molecule has 0 radical (unpaired) electrons. The molecule has 0 aliphatic heterocycles. The van der Waals surface area contributed by atoms with Gasteiger partial charge in [0.25, 0.3) is 5.91 Å². The molecule has 0 bridgehead atoms. The molecule has 1 amide bonds. The van der Waals surface area contributed by atoms with E-state index in [9.17, 15) is 9.90 Å². The predicted molar refractivity (Wildman–Crippen MR) is 68.2 cm³/mol. The molecule has 0 saturated heterocycles. The van der Waals surface area contributed by atoms with Crippen molar-refractivity contribution in [3.05, 3.63) is 24.3 Å². The first-order valence-electron chi connectivity index (χ1n) is 6.04. The molecule has 0 heterocycles. The molecule has 1 aliphatic rings. The number of carbonyl (C=O) groups excluding carboxylic acids is 1. The van der Waals surface area contributed by atoms with Crippen LogP contribution in [0.25, 0.3) is 0 Å². The second kappa shape index (κ2) is 5.27. The summed E-state index contributed by atoms with van der Waals surface area (Å²) in [5, 5.41) is 12.1. The van der Waals surface area contributed by atoms with E-state index < -0.39 is 5.54 Å². The van der Waals surface area contributed by atoms with Gasteiger partial charge in [-0.05, 0) is 31.4 Å². The van der Waals surface area contributed by atoms with Crippen molar-refractivity contribution >= 4 is 11.6 Å². The quantitative estimate of drug-likeness (QED) is 0.671. The average molecular weight is 250 g/mol. The van der Waals surface area contributed by atoms with Crippen LogP contribution in [0.5, 0.6) is 5.75 Å². The van der Waals surface area contributed by atoms with Gasteiger partial charge in [-0.1, -0.05) is 6.07 Å². The molecule has 1 aliphatic carbocycles. The minimum Gasteiger partial charge on any atom is -0.484 e. The van der Waals surface area contributed by atoms with Crippen LogP contribution in [0.15, 0.2) is 24.3 Å². The number of benzene rings is 1. The van der Waals surface area contributed by atoms with E-state index in [-0.39, 0.29) is 19.1 Å². The van der Waals surface area contributed by atoms with E-state index >= 15 is 0 Å². The third-order valence-corrected chi connectivity index (χ3v) is 3.25. The number of hydrogen-bond donors (Lipinski definition) is 3. The van der Waals surface area contributed by atoms with Crippen molar-refractivity contribution in [2.45, 2.75) is 24.8 Å². The lowest BCUT2D eigenvalue weighted by Gasteiger charge is -2.40. The molecule has 1 fully saturated rings. The van der Waals surface area contributed by atoms with Crippen molar-refractivity contribution in [3.63, 3.8) is 0 Å². The fourth-order valence-corrected chi connectivity index (χ4v) is 2.01. The number of carbonyl (C=O) groups is 1. The van der Waals surface area contributed by atoms with E-state index in [1.807, 2.05) is 0 Å². The van der Waals surface area contributed by atoms with Gasteiger partial charge >= 0.3 is 0 Å². The van der Waals surface area contributed by atoms with Gasteiger partial charge < -0.3 is 20.9 Å². The number of nitrogens with one attached hydrogen (secondary N) is 1. The number of anilines is 1. The van der Waals surface area contributed by atoms with E-state index in [1.165, 1.54) is 0 Å². The predicted octanol–water partition coefficient (Wildman–Crippen LogP) is 0.679. The Balaban J connectivity index is 1.81. The summed E-state index contributed by atoms with van der Waals surface area (Å²) >= 11 is 0. The van der Waals surface area contributed by atoms with Crippen LogP contribution in [-0.2, 0) is 4.79 Å². The van der Waals surface area contributed by atoms with Crippen LogP contribution in [0.3, 0.4) is 0 Å². The Bertz CT molecular complexity index is 424. The van der Waals surface area contributed by atoms with Gasteiger partial charge in [-0.15, -0.1) is 0 Å². The van der Waals surface area contributed by atoms with E-state index in [0.29, 0.717) is 11.4 Å². The number of hydrogen-bond acceptors (Lipinski definition) is 4. The highest BCUT2D eigenvalue weighted by atomic mass is 16.5. The molecule has 0 atom stereocenters. The van der Waals surface area contributed by atoms with Crippen LogP contribution < -0.4 is 15.8 Å². The number of amides is 1. The highest BCUT2D eigenvalue weighted by Crippen LogP contribution is 2.31. The lowest BCUT2D eigenvalue weighted by molar-refractivity contribution is -0.127. The Morgan fingerprint density at radius 2 is 2.28 bits per heavy atom. The van der Waals surface area contributed by atoms with Crippen LogP contribution in [0.4, 0.5) is 5.69 Å². The van der Waals surface area contributed by atoms with Gasteiger partial charge in [0.05, 0.1) is 12.1 Å². The maximum atomic E-state index is 11.7. The first-order chi connectivity index (χ1) is 8.63. The maximum Gasteiger partial charge on any atom is 0.258 e. The lowest BCUT2D eigenvalue weighted by atomic mass is 9.77. The standard InChI is InChI=1S/C13H18N2O3/c14-10-3-1-4-11(7-10)18-8-12(17)15-13(9-16)5-2-6-13/h1,3-4,7,16H,2,5-6,8-9,14H2,(H,15,17). The highest BCUT2D eigenvalue weighted by molar-refractivity contribution is 5.78. The molecular formula is C13H18N2O3. The normalized spacial score (nSPS) is 16.7. The molecule has 18 heavy (non-hydrogen) atoms. The van der Waals surface area contributed by atoms with Crippen LogP contribution in [0, 0.1) is 0 Å². The van der Waals surface area contributed by atoms with Crippen molar-refractivity contribution in [1.82, 2.24) is 5.32 Å². The molecular weight excluding hydrogens is 232 g/mol. The number of nitrogens with two attached hydrogens (primary N) is 1. The van der Waals surface area contributed by atoms with Gasteiger partial charge in [0.2, 0.25) is 0 Å². The van der Waals surface area contributed by atoms with Gasteiger partial charge in [0.15, 0.2) is 6.61 Å². The molecule has 4 N–H and O–H groups in total. The Hall–Kier alpha value is -1.75. The number of nitrogen functional groups attached to an aromatic ring is 1. The second-order valence-electron chi connectivity index (χ2n) is 4.70. The zero-order chi connectivity index (χ0) is 13.0. The maximum absolute atomic E-state index is 11.7. The Morgan fingerprint density at radius 3 is 2.83 bits per heavy atom.